The number of carbonyl (C=O) groups excluding carboxylic acids is 1. The highest BCUT2D eigenvalue weighted by Crippen LogP contribution is 2.66. The molecule has 31 heavy (non-hydrogen) atoms. The average Bonchev–Trinajstić information content (AvgIpc) is 3.43. The molecule has 2 aliphatic rings. The Balaban J connectivity index is 1.74. The van der Waals surface area contributed by atoms with Gasteiger partial charge in [0.15, 0.2) is 0 Å². The topological polar surface area (TPSA) is 80.2 Å². The second kappa shape index (κ2) is 9.46. The zero-order chi connectivity index (χ0) is 22.9. The van der Waals surface area contributed by atoms with Crippen LogP contribution in [0.25, 0.3) is 0 Å². The molecule has 11 heteroatoms. The van der Waals surface area contributed by atoms with Crippen LogP contribution in [0.3, 0.4) is 0 Å². The van der Waals surface area contributed by atoms with Gasteiger partial charge in [-0.2, -0.15) is 0 Å². The number of halogens is 3. The Labute approximate surface area is 194 Å². The number of alkyl halides is 1. The van der Waals surface area contributed by atoms with E-state index in [0.717, 1.165) is 17.8 Å². The first kappa shape index (κ1) is 24.6. The molecule has 0 bridgehead atoms. The largest absolute Gasteiger partial charge is 0.416 e. The Morgan fingerprint density at radius 2 is 2.19 bits per heavy atom. The van der Waals surface area contributed by atoms with E-state index in [2.05, 4.69) is 45.9 Å². The van der Waals surface area contributed by atoms with E-state index >= 15 is 0 Å². The summed E-state index contributed by atoms with van der Waals surface area (Å²) in [7, 11) is -1.23. The number of thioether (sulfide) groups is 1. The van der Waals surface area contributed by atoms with Crippen LogP contribution in [-0.4, -0.2) is 55.9 Å². The molecular weight excluding hydrogens is 510 g/mol. The first-order chi connectivity index (χ1) is 14.5. The Kier molecular flexibility index (Phi) is 7.52. The highest BCUT2D eigenvalue weighted by Gasteiger charge is 2.69. The molecule has 1 aromatic rings. The predicted octanol–water partition coefficient (Wildman–Crippen LogP) is 4.65. The van der Waals surface area contributed by atoms with Crippen LogP contribution in [-0.2, 0) is 15.0 Å². The van der Waals surface area contributed by atoms with Crippen molar-refractivity contribution < 1.29 is 28.2 Å². The van der Waals surface area contributed by atoms with Crippen molar-refractivity contribution in [1.29, 1.82) is 0 Å². The van der Waals surface area contributed by atoms with Crippen molar-refractivity contribution in [2.24, 2.45) is 10.9 Å². The quantitative estimate of drug-likeness (QED) is 0.287. The average molecular weight is 537 g/mol. The van der Waals surface area contributed by atoms with Crippen LogP contribution in [0.1, 0.15) is 12.0 Å². The number of ether oxygens (including phenoxy) is 2. The minimum absolute atomic E-state index is 0.0243. The summed E-state index contributed by atoms with van der Waals surface area (Å²) < 4.78 is 39.7. The van der Waals surface area contributed by atoms with E-state index in [1.54, 1.807) is 0 Å². The maximum Gasteiger partial charge on any atom is 0.416 e. The van der Waals surface area contributed by atoms with Crippen LogP contribution in [0.5, 0.6) is 0 Å². The maximum absolute atomic E-state index is 14.7. The molecule has 1 saturated carbocycles. The molecule has 6 nitrogen and oxygen atoms in total. The zero-order valence-electron chi connectivity index (χ0n) is 17.7. The number of nitrogens with zero attached hydrogens (tertiary/aromatic N) is 1. The van der Waals surface area contributed by atoms with Crippen molar-refractivity contribution in [2.75, 3.05) is 26.6 Å². The van der Waals surface area contributed by atoms with Gasteiger partial charge in [0.05, 0.1) is 11.4 Å². The molecule has 2 N–H and O–H groups in total. The number of aliphatic hydroxyl groups is 1. The van der Waals surface area contributed by atoms with Gasteiger partial charge in [-0.15, -0.1) is 0 Å². The second-order valence-electron chi connectivity index (χ2n) is 9.07. The van der Waals surface area contributed by atoms with Gasteiger partial charge < -0.3 is 14.6 Å². The standard InChI is InChI=1S/C20H27BrF2N2O4SSi/c1-31(2,3)7-6-28-12-24-17(27)29-18-25-20(10-22,16-9-19(16,11-26)30-18)14-8-13(21)4-5-15(14)23/h4-5,8,16,26H,6-7,9-12H2,1-3H3,(H,24,27)/t16-,19-,20-/m1/s1. The second-order valence-corrected chi connectivity index (χ2v) is 17.0. The van der Waals surface area contributed by atoms with E-state index in [0.29, 0.717) is 17.5 Å². The van der Waals surface area contributed by atoms with Crippen molar-refractivity contribution in [2.45, 2.75) is 42.4 Å². The molecule has 0 aromatic heterocycles. The van der Waals surface area contributed by atoms with E-state index in [1.807, 2.05) is 0 Å². The lowest BCUT2D eigenvalue weighted by molar-refractivity contribution is 0.120. The number of benzene rings is 1. The molecule has 0 radical (unpaired) electrons. The summed E-state index contributed by atoms with van der Waals surface area (Å²) in [6.45, 7) is 5.94. The molecule has 1 aliphatic carbocycles. The SMILES string of the molecule is C[Si](C)(C)CCOCNC(=O)OC1=N[C@](CF)(c2cc(Br)ccc2F)[C@@H]2C[C@]2(CO)S1. The molecule has 0 unspecified atom stereocenters. The molecule has 1 aliphatic heterocycles. The van der Waals surface area contributed by atoms with Crippen LogP contribution < -0.4 is 5.32 Å². The van der Waals surface area contributed by atoms with Crippen molar-refractivity contribution in [3.8, 4) is 0 Å². The van der Waals surface area contributed by atoms with E-state index < -0.39 is 42.9 Å². The number of aliphatic hydroxyl groups excluding tert-OH is 1. The fourth-order valence-electron chi connectivity index (χ4n) is 3.64. The summed E-state index contributed by atoms with van der Waals surface area (Å²) in [5, 5.41) is 12.3. The number of rotatable bonds is 8. The molecule has 1 aromatic carbocycles. The van der Waals surface area contributed by atoms with Gasteiger partial charge in [0.2, 0.25) is 0 Å². The fraction of sp³-hybridized carbons (Fsp3) is 0.600. The Morgan fingerprint density at radius 3 is 2.84 bits per heavy atom. The highest BCUT2D eigenvalue weighted by atomic mass is 79.9. The number of nitrogens with one attached hydrogen (secondary N) is 1. The van der Waals surface area contributed by atoms with Crippen LogP contribution in [0.2, 0.25) is 25.7 Å². The number of aliphatic imine (C=N–C) groups is 1. The van der Waals surface area contributed by atoms with Gasteiger partial charge in [0.1, 0.15) is 24.8 Å². The normalized spacial score (nSPS) is 27.3. The summed E-state index contributed by atoms with van der Waals surface area (Å²) in [6, 6.07) is 5.20. The lowest BCUT2D eigenvalue weighted by Crippen LogP contribution is -2.41. The third-order valence-electron chi connectivity index (χ3n) is 5.54. The smallest absolute Gasteiger partial charge is 0.395 e. The summed E-state index contributed by atoms with van der Waals surface area (Å²) >= 11 is 4.38. The molecule has 1 amide bonds. The lowest BCUT2D eigenvalue weighted by atomic mass is 9.85. The minimum Gasteiger partial charge on any atom is -0.395 e. The highest BCUT2D eigenvalue weighted by molar-refractivity contribution is 9.10. The number of hydrogen-bond acceptors (Lipinski definition) is 6. The van der Waals surface area contributed by atoms with E-state index in [1.165, 1.54) is 18.2 Å². The van der Waals surface area contributed by atoms with E-state index in [-0.39, 0.29) is 24.1 Å². The molecule has 1 heterocycles. The number of carbonyl (C=O) groups is 1. The lowest BCUT2D eigenvalue weighted by Gasteiger charge is -2.34. The molecule has 3 atom stereocenters. The number of fused-ring (bicyclic) bond motifs is 1. The Morgan fingerprint density at radius 1 is 1.45 bits per heavy atom. The van der Waals surface area contributed by atoms with Gasteiger partial charge >= 0.3 is 6.09 Å². The zero-order valence-corrected chi connectivity index (χ0v) is 21.1. The van der Waals surface area contributed by atoms with Gasteiger partial charge in [0.25, 0.3) is 5.23 Å². The Bertz CT molecular complexity index is 872. The molecular formula is C20H27BrF2N2O4SSi. The molecule has 0 saturated heterocycles. The number of alkyl carbamates (subject to hydrolysis) is 1. The maximum atomic E-state index is 14.7. The molecule has 3 rings (SSSR count). The summed E-state index contributed by atoms with van der Waals surface area (Å²) in [6.07, 6.45) is -0.365. The van der Waals surface area contributed by atoms with Crippen molar-refractivity contribution in [3.63, 3.8) is 0 Å². The minimum atomic E-state index is -1.56. The van der Waals surface area contributed by atoms with Crippen LogP contribution in [0, 0.1) is 11.7 Å². The van der Waals surface area contributed by atoms with Crippen LogP contribution in [0.4, 0.5) is 13.6 Å². The molecule has 172 valence electrons. The first-order valence-electron chi connectivity index (χ1n) is 10.00. The summed E-state index contributed by atoms with van der Waals surface area (Å²) in [4.78, 5) is 16.6. The Hall–Kier alpha value is -1.01. The van der Waals surface area contributed by atoms with Gasteiger partial charge in [-0.25, -0.2) is 18.6 Å². The summed E-state index contributed by atoms with van der Waals surface area (Å²) in [5.74, 6) is -1.01. The van der Waals surface area contributed by atoms with Gasteiger partial charge in [0, 0.05) is 30.6 Å². The van der Waals surface area contributed by atoms with Crippen molar-refractivity contribution >= 4 is 47.1 Å². The molecule has 0 spiro atoms. The van der Waals surface area contributed by atoms with Gasteiger partial charge in [-0.3, -0.25) is 5.32 Å². The first-order valence-corrected chi connectivity index (χ1v) is 15.3. The van der Waals surface area contributed by atoms with Gasteiger partial charge in [-0.1, -0.05) is 47.3 Å². The number of amides is 1. The monoisotopic (exact) mass is 536 g/mol. The number of hydrogen-bond donors (Lipinski definition) is 2. The van der Waals surface area contributed by atoms with Gasteiger partial charge in [-0.05, 0) is 30.7 Å². The predicted molar refractivity (Wildman–Crippen MR) is 123 cm³/mol. The third-order valence-corrected chi connectivity index (χ3v) is 9.08. The van der Waals surface area contributed by atoms with E-state index in [4.69, 9.17) is 9.47 Å². The summed E-state index contributed by atoms with van der Waals surface area (Å²) in [5.41, 5.74) is -1.49. The van der Waals surface area contributed by atoms with Crippen molar-refractivity contribution in [3.05, 3.63) is 34.1 Å². The molecule has 1 fully saturated rings. The fourth-order valence-corrected chi connectivity index (χ4v) is 6.08. The third kappa shape index (κ3) is 5.49. The van der Waals surface area contributed by atoms with Crippen LogP contribution in [0.15, 0.2) is 27.7 Å². The van der Waals surface area contributed by atoms with Crippen molar-refractivity contribution in [1.82, 2.24) is 5.32 Å². The van der Waals surface area contributed by atoms with Crippen LogP contribution >= 0.6 is 27.7 Å². The van der Waals surface area contributed by atoms with E-state index in [9.17, 15) is 18.7 Å².